The first-order chi connectivity index (χ1) is 5.86. The fourth-order valence-corrected chi connectivity index (χ4v) is 1.45. The van der Waals surface area contributed by atoms with Crippen molar-refractivity contribution in [1.29, 1.82) is 0 Å². The molecule has 2 rings (SSSR count). The van der Waals surface area contributed by atoms with E-state index in [0.717, 1.165) is 18.9 Å². The van der Waals surface area contributed by atoms with Crippen LogP contribution < -0.4 is 4.90 Å². The summed E-state index contributed by atoms with van der Waals surface area (Å²) in [6, 6.07) is 1.65. The Labute approximate surface area is 70.8 Å². The predicted octanol–water partition coefficient (Wildman–Crippen LogP) is 0.782. The van der Waals surface area contributed by atoms with E-state index in [0.29, 0.717) is 0 Å². The highest BCUT2D eigenvalue weighted by atomic mass is 16.3. The van der Waals surface area contributed by atoms with Crippen LogP contribution in [0, 0.1) is 0 Å². The van der Waals surface area contributed by atoms with Crippen molar-refractivity contribution in [3.8, 4) is 5.75 Å². The Morgan fingerprint density at radius 2 is 2.08 bits per heavy atom. The third kappa shape index (κ3) is 1.32. The average Bonchev–Trinajstić information content (AvgIpc) is 2.56. The second-order valence-corrected chi connectivity index (χ2v) is 2.97. The van der Waals surface area contributed by atoms with Crippen LogP contribution in [0.15, 0.2) is 12.3 Å². The molecule has 0 atom stereocenters. The standard InChI is InChI=1S/C8H11N3O/c12-7-5-8(10-9-6-7)11-3-1-2-4-11/h5-6H,1-4H2,(H,10,12). The van der Waals surface area contributed by atoms with Gasteiger partial charge in [0, 0.05) is 19.2 Å². The van der Waals surface area contributed by atoms with Crippen LogP contribution in [0.1, 0.15) is 12.8 Å². The van der Waals surface area contributed by atoms with E-state index in [1.807, 2.05) is 0 Å². The summed E-state index contributed by atoms with van der Waals surface area (Å²) in [5.41, 5.74) is 0. The van der Waals surface area contributed by atoms with E-state index in [4.69, 9.17) is 5.11 Å². The number of aromatic nitrogens is 2. The Bertz CT molecular complexity index is 271. The fourth-order valence-electron chi connectivity index (χ4n) is 1.45. The molecule has 0 unspecified atom stereocenters. The van der Waals surface area contributed by atoms with E-state index in [1.165, 1.54) is 19.0 Å². The van der Waals surface area contributed by atoms with Gasteiger partial charge in [0.25, 0.3) is 0 Å². The quantitative estimate of drug-likeness (QED) is 0.668. The normalized spacial score (nSPS) is 16.8. The van der Waals surface area contributed by atoms with Crippen molar-refractivity contribution in [2.24, 2.45) is 0 Å². The molecule has 2 heterocycles. The average molecular weight is 165 g/mol. The second-order valence-electron chi connectivity index (χ2n) is 2.97. The van der Waals surface area contributed by atoms with E-state index >= 15 is 0 Å². The van der Waals surface area contributed by atoms with Crippen molar-refractivity contribution in [3.63, 3.8) is 0 Å². The largest absolute Gasteiger partial charge is 0.506 e. The first kappa shape index (κ1) is 7.34. The number of hydrogen-bond donors (Lipinski definition) is 1. The van der Waals surface area contributed by atoms with Crippen LogP contribution in [0.25, 0.3) is 0 Å². The molecule has 0 saturated carbocycles. The third-order valence-electron chi connectivity index (χ3n) is 2.06. The highest BCUT2D eigenvalue weighted by Gasteiger charge is 2.13. The molecule has 4 heteroatoms. The van der Waals surface area contributed by atoms with Gasteiger partial charge in [-0.3, -0.25) is 0 Å². The van der Waals surface area contributed by atoms with E-state index in [2.05, 4.69) is 15.1 Å². The van der Waals surface area contributed by atoms with Crippen molar-refractivity contribution >= 4 is 5.82 Å². The topological polar surface area (TPSA) is 49.3 Å². The first-order valence-corrected chi connectivity index (χ1v) is 4.13. The molecular formula is C8H11N3O. The van der Waals surface area contributed by atoms with Gasteiger partial charge in [0.15, 0.2) is 5.82 Å². The molecule has 1 fully saturated rings. The first-order valence-electron chi connectivity index (χ1n) is 4.13. The molecule has 0 amide bonds. The lowest BCUT2D eigenvalue weighted by atomic mass is 10.4. The molecule has 1 aromatic rings. The molecule has 0 bridgehead atoms. The molecule has 0 aliphatic carbocycles. The maximum atomic E-state index is 9.14. The Hall–Kier alpha value is -1.32. The molecule has 12 heavy (non-hydrogen) atoms. The van der Waals surface area contributed by atoms with Crippen LogP contribution >= 0.6 is 0 Å². The Kier molecular flexibility index (Phi) is 1.81. The summed E-state index contributed by atoms with van der Waals surface area (Å²) in [4.78, 5) is 2.13. The van der Waals surface area contributed by atoms with Gasteiger partial charge in [0.1, 0.15) is 5.75 Å². The zero-order valence-electron chi connectivity index (χ0n) is 6.77. The van der Waals surface area contributed by atoms with Gasteiger partial charge in [0.2, 0.25) is 0 Å². The summed E-state index contributed by atoms with van der Waals surface area (Å²) in [5, 5.41) is 16.8. The smallest absolute Gasteiger partial charge is 0.154 e. The maximum Gasteiger partial charge on any atom is 0.154 e. The van der Waals surface area contributed by atoms with Gasteiger partial charge in [0.05, 0.1) is 6.20 Å². The van der Waals surface area contributed by atoms with Crippen molar-refractivity contribution in [1.82, 2.24) is 10.2 Å². The van der Waals surface area contributed by atoms with Crippen molar-refractivity contribution in [2.45, 2.75) is 12.8 Å². The molecule has 4 nitrogen and oxygen atoms in total. The number of hydrogen-bond acceptors (Lipinski definition) is 4. The summed E-state index contributed by atoms with van der Waals surface area (Å²) in [7, 11) is 0. The van der Waals surface area contributed by atoms with Gasteiger partial charge in [-0.1, -0.05) is 0 Å². The summed E-state index contributed by atoms with van der Waals surface area (Å²) in [5.74, 6) is 0.972. The zero-order chi connectivity index (χ0) is 8.39. The van der Waals surface area contributed by atoms with Crippen LogP contribution in [-0.4, -0.2) is 28.4 Å². The van der Waals surface area contributed by atoms with Gasteiger partial charge in [-0.25, -0.2) is 0 Å². The summed E-state index contributed by atoms with van der Waals surface area (Å²) < 4.78 is 0. The van der Waals surface area contributed by atoms with Gasteiger partial charge in [-0.15, -0.1) is 5.10 Å². The summed E-state index contributed by atoms with van der Waals surface area (Å²) in [6.45, 7) is 2.05. The molecule has 1 saturated heterocycles. The highest BCUT2D eigenvalue weighted by Crippen LogP contribution is 2.19. The summed E-state index contributed by atoms with van der Waals surface area (Å²) >= 11 is 0. The van der Waals surface area contributed by atoms with Crippen LogP contribution in [0.4, 0.5) is 5.82 Å². The van der Waals surface area contributed by atoms with E-state index in [-0.39, 0.29) is 5.75 Å². The van der Waals surface area contributed by atoms with Crippen molar-refractivity contribution < 1.29 is 5.11 Å². The van der Waals surface area contributed by atoms with Gasteiger partial charge >= 0.3 is 0 Å². The van der Waals surface area contributed by atoms with E-state index in [9.17, 15) is 0 Å². The van der Waals surface area contributed by atoms with Crippen molar-refractivity contribution in [2.75, 3.05) is 18.0 Å². The predicted molar refractivity (Wildman–Crippen MR) is 45.1 cm³/mol. The molecule has 0 radical (unpaired) electrons. The molecule has 64 valence electrons. The lowest BCUT2D eigenvalue weighted by Crippen LogP contribution is -2.18. The maximum absolute atomic E-state index is 9.14. The molecule has 0 aromatic carbocycles. The molecular weight excluding hydrogens is 154 g/mol. The highest BCUT2D eigenvalue weighted by molar-refractivity contribution is 5.41. The van der Waals surface area contributed by atoms with E-state index < -0.39 is 0 Å². The number of nitrogens with zero attached hydrogens (tertiary/aromatic N) is 3. The van der Waals surface area contributed by atoms with Gasteiger partial charge < -0.3 is 10.0 Å². The Morgan fingerprint density at radius 3 is 2.75 bits per heavy atom. The van der Waals surface area contributed by atoms with Gasteiger partial charge in [-0.2, -0.15) is 5.10 Å². The Balaban J connectivity index is 2.21. The lowest BCUT2D eigenvalue weighted by Gasteiger charge is -2.14. The minimum absolute atomic E-state index is 0.187. The molecule has 1 aliphatic heterocycles. The van der Waals surface area contributed by atoms with Crippen LogP contribution in [0.3, 0.4) is 0 Å². The molecule has 0 spiro atoms. The fraction of sp³-hybridized carbons (Fsp3) is 0.500. The monoisotopic (exact) mass is 165 g/mol. The Morgan fingerprint density at radius 1 is 1.33 bits per heavy atom. The second kappa shape index (κ2) is 2.97. The number of anilines is 1. The summed E-state index contributed by atoms with van der Waals surface area (Å²) in [6.07, 6.45) is 3.76. The number of rotatable bonds is 1. The van der Waals surface area contributed by atoms with Crippen LogP contribution in [0.2, 0.25) is 0 Å². The van der Waals surface area contributed by atoms with E-state index in [1.54, 1.807) is 6.07 Å². The van der Waals surface area contributed by atoms with Crippen LogP contribution in [0.5, 0.6) is 5.75 Å². The third-order valence-corrected chi connectivity index (χ3v) is 2.06. The molecule has 1 aliphatic rings. The zero-order valence-corrected chi connectivity index (χ0v) is 6.77. The minimum atomic E-state index is 0.187. The minimum Gasteiger partial charge on any atom is -0.506 e. The molecule has 1 N–H and O–H groups in total. The number of aromatic hydroxyl groups is 1. The SMILES string of the molecule is Oc1cnnc(N2CCCC2)c1. The van der Waals surface area contributed by atoms with Gasteiger partial charge in [-0.05, 0) is 12.8 Å². The van der Waals surface area contributed by atoms with Crippen LogP contribution in [-0.2, 0) is 0 Å². The molecule has 1 aromatic heterocycles. The van der Waals surface area contributed by atoms with Crippen molar-refractivity contribution in [3.05, 3.63) is 12.3 Å². The lowest BCUT2D eigenvalue weighted by molar-refractivity contribution is 0.470.